The average molecular weight is 470 g/mol. The van der Waals surface area contributed by atoms with E-state index in [9.17, 15) is 4.79 Å². The predicted octanol–water partition coefficient (Wildman–Crippen LogP) is 5.13. The smallest absolute Gasteiger partial charge is 0.267 e. The quantitative estimate of drug-likeness (QED) is 0.324. The van der Waals surface area contributed by atoms with Crippen LogP contribution in [0.2, 0.25) is 0 Å². The Kier molecular flexibility index (Phi) is 5.89. The molecule has 0 atom stereocenters. The molecule has 0 bridgehead atoms. The van der Waals surface area contributed by atoms with Crippen molar-refractivity contribution in [3.05, 3.63) is 105 Å². The summed E-state index contributed by atoms with van der Waals surface area (Å²) in [6.07, 6.45) is 0.940. The molecule has 5 aromatic rings. The Morgan fingerprint density at radius 2 is 1.68 bits per heavy atom. The van der Waals surface area contributed by atoms with Gasteiger partial charge in [-0.1, -0.05) is 55.5 Å². The standard InChI is InChI=1S/C27H27N5OS/c1-4-20-13-15-22(16-14-20)31-25(33)23-11-7-8-12-24(23)32-26(31)28-30(27(32)34)18-29(3)17-21-10-6-5-9-19(21)2/h5-16H,4,17-18H2,1-3H3. The first-order valence-corrected chi connectivity index (χ1v) is 11.8. The third kappa shape index (κ3) is 3.87. The molecule has 0 fully saturated rings. The predicted molar refractivity (Wildman–Crippen MR) is 139 cm³/mol. The number of nitrogens with zero attached hydrogens (tertiary/aromatic N) is 5. The zero-order valence-electron chi connectivity index (χ0n) is 19.6. The van der Waals surface area contributed by atoms with Gasteiger partial charge in [-0.25, -0.2) is 9.25 Å². The Balaban J connectivity index is 1.66. The lowest BCUT2D eigenvalue weighted by molar-refractivity contribution is 0.244. The van der Waals surface area contributed by atoms with Crippen LogP contribution in [0.3, 0.4) is 0 Å². The third-order valence-corrected chi connectivity index (χ3v) is 6.67. The Labute approximate surface area is 203 Å². The van der Waals surface area contributed by atoms with Crippen molar-refractivity contribution < 1.29 is 0 Å². The summed E-state index contributed by atoms with van der Waals surface area (Å²) < 4.78 is 5.92. The fourth-order valence-electron chi connectivity index (χ4n) is 4.38. The van der Waals surface area contributed by atoms with Crippen molar-refractivity contribution in [3.63, 3.8) is 0 Å². The number of para-hydroxylation sites is 1. The summed E-state index contributed by atoms with van der Waals surface area (Å²) in [5.74, 6) is 0.516. The van der Waals surface area contributed by atoms with Gasteiger partial charge in [0.15, 0.2) is 0 Å². The second-order valence-corrected chi connectivity index (χ2v) is 9.04. The summed E-state index contributed by atoms with van der Waals surface area (Å²) in [5, 5.41) is 5.45. The number of hydrogen-bond donors (Lipinski definition) is 0. The van der Waals surface area contributed by atoms with Crippen molar-refractivity contribution in [2.24, 2.45) is 0 Å². The number of benzene rings is 3. The summed E-state index contributed by atoms with van der Waals surface area (Å²) in [6.45, 7) is 5.51. The van der Waals surface area contributed by atoms with E-state index in [1.54, 1.807) is 9.25 Å². The molecule has 0 aliphatic rings. The zero-order valence-corrected chi connectivity index (χ0v) is 20.4. The Morgan fingerprint density at radius 1 is 0.971 bits per heavy atom. The maximum Gasteiger partial charge on any atom is 0.267 e. The Hall–Kier alpha value is -3.55. The van der Waals surface area contributed by atoms with E-state index in [2.05, 4.69) is 55.1 Å². The van der Waals surface area contributed by atoms with Gasteiger partial charge < -0.3 is 0 Å². The number of fused-ring (bicyclic) bond motifs is 3. The number of aryl methyl sites for hydroxylation is 2. The highest BCUT2D eigenvalue weighted by Crippen LogP contribution is 2.19. The Bertz CT molecular complexity index is 1610. The lowest BCUT2D eigenvalue weighted by atomic mass is 10.1. The molecule has 34 heavy (non-hydrogen) atoms. The van der Waals surface area contributed by atoms with Crippen LogP contribution in [0.25, 0.3) is 22.4 Å². The molecule has 0 saturated carbocycles. The highest BCUT2D eigenvalue weighted by molar-refractivity contribution is 7.71. The summed E-state index contributed by atoms with van der Waals surface area (Å²) in [6, 6.07) is 24.0. The first-order chi connectivity index (χ1) is 16.5. The molecule has 7 heteroatoms. The first-order valence-electron chi connectivity index (χ1n) is 11.4. The maximum atomic E-state index is 13.6. The van der Waals surface area contributed by atoms with E-state index in [-0.39, 0.29) is 5.56 Å². The van der Waals surface area contributed by atoms with E-state index in [0.29, 0.717) is 22.6 Å². The van der Waals surface area contributed by atoms with Crippen molar-refractivity contribution in [3.8, 4) is 5.69 Å². The molecule has 0 unspecified atom stereocenters. The van der Waals surface area contributed by atoms with Crippen molar-refractivity contribution in [1.82, 2.24) is 23.6 Å². The largest absolute Gasteiger partial charge is 0.283 e. The normalized spacial score (nSPS) is 11.6. The van der Waals surface area contributed by atoms with E-state index in [0.717, 1.165) is 24.2 Å². The van der Waals surface area contributed by atoms with Crippen LogP contribution in [0, 0.1) is 11.7 Å². The maximum absolute atomic E-state index is 13.6. The van der Waals surface area contributed by atoms with Crippen molar-refractivity contribution in [2.75, 3.05) is 7.05 Å². The van der Waals surface area contributed by atoms with Gasteiger partial charge in [0.05, 0.1) is 23.3 Å². The van der Waals surface area contributed by atoms with Crippen LogP contribution in [0.15, 0.2) is 77.6 Å². The van der Waals surface area contributed by atoms with Gasteiger partial charge in [-0.15, -0.1) is 5.10 Å². The van der Waals surface area contributed by atoms with Crippen molar-refractivity contribution in [2.45, 2.75) is 33.5 Å². The van der Waals surface area contributed by atoms with Crippen LogP contribution in [0.5, 0.6) is 0 Å². The molecule has 0 amide bonds. The fourth-order valence-corrected chi connectivity index (χ4v) is 4.65. The summed E-state index contributed by atoms with van der Waals surface area (Å²) in [7, 11) is 2.05. The first kappa shape index (κ1) is 22.3. The van der Waals surface area contributed by atoms with Crippen LogP contribution in [0.4, 0.5) is 0 Å². The van der Waals surface area contributed by atoms with Gasteiger partial charge >= 0.3 is 0 Å². The van der Waals surface area contributed by atoms with E-state index >= 15 is 0 Å². The second kappa shape index (κ2) is 9.00. The molecule has 5 rings (SSSR count). The van der Waals surface area contributed by atoms with Crippen LogP contribution in [-0.2, 0) is 19.6 Å². The number of aromatic nitrogens is 4. The molecular weight excluding hydrogens is 442 g/mol. The highest BCUT2D eigenvalue weighted by atomic mass is 32.1. The van der Waals surface area contributed by atoms with Crippen LogP contribution >= 0.6 is 12.2 Å². The lowest BCUT2D eigenvalue weighted by Gasteiger charge is -2.17. The Morgan fingerprint density at radius 3 is 2.41 bits per heavy atom. The molecule has 2 heterocycles. The van der Waals surface area contributed by atoms with Crippen molar-refractivity contribution in [1.29, 1.82) is 0 Å². The van der Waals surface area contributed by atoms with E-state index in [1.807, 2.05) is 47.8 Å². The summed E-state index contributed by atoms with van der Waals surface area (Å²) >= 11 is 5.88. The molecule has 0 aliphatic heterocycles. The monoisotopic (exact) mass is 469 g/mol. The number of rotatable bonds is 6. The van der Waals surface area contributed by atoms with Crippen LogP contribution in [0.1, 0.15) is 23.6 Å². The lowest BCUT2D eigenvalue weighted by Crippen LogP contribution is -2.23. The third-order valence-electron chi connectivity index (χ3n) is 6.28. The van der Waals surface area contributed by atoms with Crippen LogP contribution in [-0.4, -0.2) is 30.7 Å². The van der Waals surface area contributed by atoms with Gasteiger partial charge in [0, 0.05) is 6.54 Å². The summed E-state index contributed by atoms with van der Waals surface area (Å²) in [4.78, 5) is 15.7. The number of hydrogen-bond acceptors (Lipinski definition) is 4. The molecule has 172 valence electrons. The molecule has 0 N–H and O–H groups in total. The molecule has 3 aromatic carbocycles. The van der Waals surface area contributed by atoms with E-state index < -0.39 is 0 Å². The topological polar surface area (TPSA) is 47.5 Å². The van der Waals surface area contributed by atoms with E-state index in [4.69, 9.17) is 17.3 Å². The van der Waals surface area contributed by atoms with Gasteiger partial charge in [-0.05, 0) is 73.6 Å². The molecule has 0 aliphatic carbocycles. The average Bonchev–Trinajstić information content (AvgIpc) is 3.16. The van der Waals surface area contributed by atoms with Gasteiger partial charge in [-0.2, -0.15) is 0 Å². The van der Waals surface area contributed by atoms with Gasteiger partial charge in [0.1, 0.15) is 0 Å². The second-order valence-electron chi connectivity index (χ2n) is 8.68. The molecule has 0 radical (unpaired) electrons. The van der Waals surface area contributed by atoms with Crippen LogP contribution < -0.4 is 5.56 Å². The molecule has 2 aromatic heterocycles. The molecular formula is C27H27N5OS. The minimum absolute atomic E-state index is 0.104. The fraction of sp³-hybridized carbons (Fsp3) is 0.222. The van der Waals surface area contributed by atoms with E-state index in [1.165, 1.54) is 16.7 Å². The van der Waals surface area contributed by atoms with Gasteiger partial charge in [0.25, 0.3) is 5.56 Å². The SMILES string of the molecule is CCc1ccc(-n2c(=O)c3ccccc3n3c(=S)n(CN(C)Cc4ccccc4C)nc23)cc1. The minimum Gasteiger partial charge on any atom is -0.283 e. The summed E-state index contributed by atoms with van der Waals surface area (Å²) in [5.41, 5.74) is 5.17. The van der Waals surface area contributed by atoms with Crippen molar-refractivity contribution >= 4 is 28.9 Å². The molecule has 0 saturated heterocycles. The molecule has 0 spiro atoms. The minimum atomic E-state index is -0.104. The molecule has 6 nitrogen and oxygen atoms in total. The highest BCUT2D eigenvalue weighted by Gasteiger charge is 2.17. The zero-order chi connectivity index (χ0) is 23.8. The van der Waals surface area contributed by atoms with Gasteiger partial charge in [-0.3, -0.25) is 14.1 Å². The van der Waals surface area contributed by atoms with Gasteiger partial charge in [0.2, 0.25) is 10.5 Å².